The lowest BCUT2D eigenvalue weighted by molar-refractivity contribution is 0.0943. The van der Waals surface area contributed by atoms with Gasteiger partial charge in [-0.25, -0.2) is 0 Å². The molecule has 1 saturated carbocycles. The van der Waals surface area contributed by atoms with E-state index in [4.69, 9.17) is 5.73 Å². The summed E-state index contributed by atoms with van der Waals surface area (Å²) in [5.41, 5.74) is 6.40. The number of hydrogen-bond acceptors (Lipinski definition) is 2. The maximum Gasteiger partial charge on any atom is 0.267 e. The van der Waals surface area contributed by atoms with Crippen molar-refractivity contribution >= 4 is 5.91 Å². The first-order valence-corrected chi connectivity index (χ1v) is 5.89. The maximum atomic E-state index is 11.9. The summed E-state index contributed by atoms with van der Waals surface area (Å²) in [5.74, 6) is 0.0116. The smallest absolute Gasteiger partial charge is 0.267 e. The van der Waals surface area contributed by atoms with Gasteiger partial charge in [0, 0.05) is 24.8 Å². The molecule has 0 aromatic carbocycles. The number of hydrogen-bond donors (Lipinski definition) is 2. The van der Waals surface area contributed by atoms with Gasteiger partial charge in [0.15, 0.2) is 0 Å². The van der Waals surface area contributed by atoms with Gasteiger partial charge in [0.25, 0.3) is 5.91 Å². The molecule has 1 aliphatic rings. The van der Waals surface area contributed by atoms with E-state index >= 15 is 0 Å². The fraction of sp³-hybridized carbons (Fsp3) is 0.583. The second-order valence-electron chi connectivity index (χ2n) is 4.55. The summed E-state index contributed by atoms with van der Waals surface area (Å²) in [6, 6.07) is 4.48. The molecule has 1 unspecified atom stereocenters. The minimum atomic E-state index is 0.0116. The molecule has 1 aromatic heterocycles. The van der Waals surface area contributed by atoms with Crippen molar-refractivity contribution < 1.29 is 4.79 Å². The lowest BCUT2D eigenvalue weighted by atomic mass is 10.2. The Labute approximate surface area is 95.8 Å². The van der Waals surface area contributed by atoms with Crippen LogP contribution in [0.15, 0.2) is 18.3 Å². The van der Waals surface area contributed by atoms with Crippen molar-refractivity contribution in [3.63, 3.8) is 0 Å². The molecule has 16 heavy (non-hydrogen) atoms. The van der Waals surface area contributed by atoms with Crippen molar-refractivity contribution in [2.75, 3.05) is 6.54 Å². The van der Waals surface area contributed by atoms with Crippen LogP contribution < -0.4 is 11.1 Å². The van der Waals surface area contributed by atoms with E-state index < -0.39 is 0 Å². The van der Waals surface area contributed by atoms with Crippen LogP contribution in [-0.2, 0) is 0 Å². The fourth-order valence-electron chi connectivity index (χ4n) is 1.76. The van der Waals surface area contributed by atoms with Crippen molar-refractivity contribution in [2.45, 2.75) is 38.3 Å². The number of nitrogens with two attached hydrogens (primary N) is 1. The molecule has 0 radical (unpaired) electrons. The highest BCUT2D eigenvalue weighted by molar-refractivity contribution is 5.92. The third-order valence-electron chi connectivity index (χ3n) is 2.84. The summed E-state index contributed by atoms with van der Waals surface area (Å²) in [6.07, 6.45) is 5.18. The third-order valence-corrected chi connectivity index (χ3v) is 2.84. The molecule has 2 rings (SSSR count). The second-order valence-corrected chi connectivity index (χ2v) is 4.55. The van der Waals surface area contributed by atoms with Crippen LogP contribution in [0.2, 0.25) is 0 Å². The fourth-order valence-corrected chi connectivity index (χ4v) is 1.76. The van der Waals surface area contributed by atoms with Gasteiger partial charge in [-0.15, -0.1) is 0 Å². The number of amides is 1. The molecule has 1 aliphatic carbocycles. The van der Waals surface area contributed by atoms with Crippen LogP contribution in [0.1, 0.15) is 42.7 Å². The van der Waals surface area contributed by atoms with Gasteiger partial charge in [0.2, 0.25) is 0 Å². The van der Waals surface area contributed by atoms with Crippen LogP contribution in [0, 0.1) is 0 Å². The van der Waals surface area contributed by atoms with Crippen molar-refractivity contribution in [3.8, 4) is 0 Å². The Balaban J connectivity index is 1.90. The van der Waals surface area contributed by atoms with Gasteiger partial charge in [-0.05, 0) is 38.3 Å². The first-order chi connectivity index (χ1) is 7.68. The Morgan fingerprint density at radius 1 is 1.69 bits per heavy atom. The van der Waals surface area contributed by atoms with Gasteiger partial charge < -0.3 is 15.6 Å². The number of nitrogens with one attached hydrogen (secondary N) is 1. The van der Waals surface area contributed by atoms with Crippen LogP contribution in [-0.4, -0.2) is 23.1 Å². The Bertz CT molecular complexity index is 366. The Kier molecular flexibility index (Phi) is 3.29. The molecule has 0 spiro atoms. The largest absolute Gasteiger partial charge is 0.351 e. The minimum absolute atomic E-state index is 0.0116. The molecular weight excluding hydrogens is 202 g/mol. The van der Waals surface area contributed by atoms with Gasteiger partial charge >= 0.3 is 0 Å². The minimum Gasteiger partial charge on any atom is -0.351 e. The van der Waals surface area contributed by atoms with Crippen LogP contribution in [0.4, 0.5) is 0 Å². The summed E-state index contributed by atoms with van der Waals surface area (Å²) < 4.78 is 2.07. The monoisotopic (exact) mass is 221 g/mol. The average molecular weight is 221 g/mol. The molecule has 0 aliphatic heterocycles. The maximum absolute atomic E-state index is 11.9. The van der Waals surface area contributed by atoms with Crippen molar-refractivity contribution in [3.05, 3.63) is 24.0 Å². The van der Waals surface area contributed by atoms with E-state index in [-0.39, 0.29) is 11.9 Å². The standard InChI is InChI=1S/C12H19N3O/c1-9(13)6-7-14-12(16)11-3-2-8-15(11)10-4-5-10/h2-3,8-10H,4-7,13H2,1H3,(H,14,16). The van der Waals surface area contributed by atoms with Crippen molar-refractivity contribution in [2.24, 2.45) is 5.73 Å². The summed E-state index contributed by atoms with van der Waals surface area (Å²) in [4.78, 5) is 11.9. The zero-order valence-electron chi connectivity index (χ0n) is 9.65. The van der Waals surface area contributed by atoms with E-state index in [2.05, 4.69) is 9.88 Å². The summed E-state index contributed by atoms with van der Waals surface area (Å²) >= 11 is 0. The molecule has 1 fully saturated rings. The molecular formula is C12H19N3O. The third kappa shape index (κ3) is 2.64. The van der Waals surface area contributed by atoms with Crippen molar-refractivity contribution in [1.29, 1.82) is 0 Å². The zero-order chi connectivity index (χ0) is 11.5. The molecule has 1 aromatic rings. The second kappa shape index (κ2) is 4.70. The quantitative estimate of drug-likeness (QED) is 0.787. The number of aromatic nitrogens is 1. The van der Waals surface area contributed by atoms with Gasteiger partial charge in [0.1, 0.15) is 5.69 Å². The average Bonchev–Trinajstić information content (AvgIpc) is 2.95. The number of nitrogens with zero attached hydrogens (tertiary/aromatic N) is 1. The first kappa shape index (κ1) is 11.2. The van der Waals surface area contributed by atoms with E-state index in [9.17, 15) is 4.79 Å². The summed E-state index contributed by atoms with van der Waals surface area (Å²) in [7, 11) is 0. The number of carbonyl (C=O) groups is 1. The molecule has 4 heteroatoms. The van der Waals surface area contributed by atoms with Crippen molar-refractivity contribution in [1.82, 2.24) is 9.88 Å². The van der Waals surface area contributed by atoms with Crippen LogP contribution >= 0.6 is 0 Å². The summed E-state index contributed by atoms with van der Waals surface area (Å²) in [5, 5.41) is 2.90. The molecule has 1 atom stereocenters. The highest BCUT2D eigenvalue weighted by Gasteiger charge is 2.26. The van der Waals surface area contributed by atoms with Crippen LogP contribution in [0.5, 0.6) is 0 Å². The molecule has 4 nitrogen and oxygen atoms in total. The molecule has 88 valence electrons. The van der Waals surface area contributed by atoms with Gasteiger partial charge in [0.05, 0.1) is 0 Å². The Hall–Kier alpha value is -1.29. The topological polar surface area (TPSA) is 60.0 Å². The molecule has 0 saturated heterocycles. The predicted molar refractivity (Wildman–Crippen MR) is 63.3 cm³/mol. The molecule has 3 N–H and O–H groups in total. The zero-order valence-corrected chi connectivity index (χ0v) is 9.65. The molecule has 1 amide bonds. The first-order valence-electron chi connectivity index (χ1n) is 5.89. The van der Waals surface area contributed by atoms with E-state index in [1.165, 1.54) is 12.8 Å². The van der Waals surface area contributed by atoms with Crippen LogP contribution in [0.25, 0.3) is 0 Å². The number of rotatable bonds is 5. The number of carbonyl (C=O) groups excluding carboxylic acids is 1. The van der Waals surface area contributed by atoms with E-state index in [0.29, 0.717) is 12.6 Å². The van der Waals surface area contributed by atoms with Crippen LogP contribution in [0.3, 0.4) is 0 Å². The van der Waals surface area contributed by atoms with E-state index in [0.717, 1.165) is 12.1 Å². The predicted octanol–water partition coefficient (Wildman–Crippen LogP) is 1.29. The Morgan fingerprint density at radius 2 is 2.44 bits per heavy atom. The highest BCUT2D eigenvalue weighted by Crippen LogP contribution is 2.35. The normalized spacial score (nSPS) is 17.1. The SMILES string of the molecule is CC(N)CCNC(=O)c1cccn1C1CC1. The lowest BCUT2D eigenvalue weighted by Crippen LogP contribution is -2.30. The highest BCUT2D eigenvalue weighted by atomic mass is 16.1. The molecule has 0 bridgehead atoms. The van der Waals surface area contributed by atoms with Gasteiger partial charge in [-0.1, -0.05) is 0 Å². The molecule has 1 heterocycles. The Morgan fingerprint density at radius 3 is 3.06 bits per heavy atom. The lowest BCUT2D eigenvalue weighted by Gasteiger charge is -2.09. The van der Waals surface area contributed by atoms with E-state index in [1.54, 1.807) is 0 Å². The summed E-state index contributed by atoms with van der Waals surface area (Å²) in [6.45, 7) is 2.59. The van der Waals surface area contributed by atoms with Gasteiger partial charge in [-0.3, -0.25) is 4.79 Å². The van der Waals surface area contributed by atoms with Gasteiger partial charge in [-0.2, -0.15) is 0 Å². The van der Waals surface area contributed by atoms with E-state index in [1.807, 2.05) is 25.3 Å².